The maximum absolute atomic E-state index is 12.9. The van der Waals surface area contributed by atoms with Crippen LogP contribution in [0, 0.1) is 16.0 Å². The molecular weight excluding hydrogens is 344 g/mol. The van der Waals surface area contributed by atoms with E-state index in [0.29, 0.717) is 16.5 Å². The highest BCUT2D eigenvalue weighted by Crippen LogP contribution is 2.39. The Hall–Kier alpha value is -2.60. The van der Waals surface area contributed by atoms with Gasteiger partial charge in [0.15, 0.2) is 6.10 Å². The van der Waals surface area contributed by atoms with Crippen molar-refractivity contribution in [2.24, 2.45) is 5.92 Å². The zero-order chi connectivity index (χ0) is 18.1. The molecule has 3 rings (SSSR count). The minimum Gasteiger partial charge on any atom is -0.478 e. The van der Waals surface area contributed by atoms with E-state index < -0.39 is 11.0 Å². The number of benzene rings is 2. The zero-order valence-corrected chi connectivity index (χ0v) is 14.6. The van der Waals surface area contributed by atoms with Gasteiger partial charge in [-0.15, -0.1) is 0 Å². The normalized spacial score (nSPS) is 16.6. The summed E-state index contributed by atoms with van der Waals surface area (Å²) in [7, 11) is 0. The molecule has 0 saturated heterocycles. The van der Waals surface area contributed by atoms with E-state index in [1.807, 2.05) is 32.0 Å². The van der Waals surface area contributed by atoms with Gasteiger partial charge in [0, 0.05) is 17.2 Å². The number of nitro benzene ring substituents is 1. The number of halogens is 1. The lowest BCUT2D eigenvalue weighted by Gasteiger charge is -2.36. The van der Waals surface area contributed by atoms with Crippen molar-refractivity contribution in [3.8, 4) is 5.75 Å². The van der Waals surface area contributed by atoms with Crippen molar-refractivity contribution in [1.29, 1.82) is 0 Å². The van der Waals surface area contributed by atoms with Gasteiger partial charge in [0.05, 0.1) is 17.2 Å². The number of hydrogen-bond donors (Lipinski definition) is 0. The van der Waals surface area contributed by atoms with Crippen molar-refractivity contribution in [1.82, 2.24) is 0 Å². The smallest absolute Gasteiger partial charge is 0.271 e. The maximum atomic E-state index is 12.9. The molecule has 0 radical (unpaired) electrons. The van der Waals surface area contributed by atoms with Crippen LogP contribution in [-0.4, -0.2) is 16.9 Å². The fourth-order valence-corrected chi connectivity index (χ4v) is 2.97. The van der Waals surface area contributed by atoms with E-state index in [2.05, 4.69) is 0 Å². The number of fused-ring (bicyclic) bond motifs is 1. The first-order chi connectivity index (χ1) is 11.9. The number of ether oxygens (including phenoxy) is 1. The molecule has 0 fully saturated rings. The molecule has 0 saturated carbocycles. The van der Waals surface area contributed by atoms with Crippen molar-refractivity contribution in [2.45, 2.75) is 26.5 Å². The second-order valence-electron chi connectivity index (χ2n) is 6.21. The van der Waals surface area contributed by atoms with Crippen molar-refractivity contribution in [2.75, 3.05) is 4.90 Å². The summed E-state index contributed by atoms with van der Waals surface area (Å²) in [5.41, 5.74) is 1.05. The van der Waals surface area contributed by atoms with E-state index in [1.165, 1.54) is 23.1 Å². The number of anilines is 1. The molecule has 1 unspecified atom stereocenters. The Kier molecular flexibility index (Phi) is 4.63. The van der Waals surface area contributed by atoms with Gasteiger partial charge in [-0.1, -0.05) is 43.6 Å². The number of nitro groups is 1. The predicted octanol–water partition coefficient (Wildman–Crippen LogP) is 4.20. The summed E-state index contributed by atoms with van der Waals surface area (Å²) in [6.07, 6.45) is -0.642. The number of rotatable bonds is 4. The van der Waals surface area contributed by atoms with Crippen molar-refractivity contribution < 1.29 is 14.5 Å². The van der Waals surface area contributed by atoms with E-state index in [9.17, 15) is 14.9 Å². The maximum Gasteiger partial charge on any atom is 0.271 e. The van der Waals surface area contributed by atoms with Crippen LogP contribution in [0.3, 0.4) is 0 Å². The van der Waals surface area contributed by atoms with Crippen molar-refractivity contribution in [3.63, 3.8) is 0 Å². The van der Waals surface area contributed by atoms with Crippen LogP contribution in [-0.2, 0) is 11.3 Å². The van der Waals surface area contributed by atoms with Crippen LogP contribution in [0.25, 0.3) is 0 Å². The number of nitrogens with zero attached hydrogens (tertiary/aromatic N) is 2. The Morgan fingerprint density at radius 3 is 2.64 bits per heavy atom. The van der Waals surface area contributed by atoms with Crippen LogP contribution in [0.2, 0.25) is 5.02 Å². The van der Waals surface area contributed by atoms with Crippen LogP contribution in [0.4, 0.5) is 11.4 Å². The molecule has 7 heteroatoms. The Bertz CT molecular complexity index is 838. The minimum absolute atomic E-state index is 0.0374. The van der Waals surface area contributed by atoms with Gasteiger partial charge < -0.3 is 9.64 Å². The third-order valence-electron chi connectivity index (χ3n) is 4.10. The molecule has 1 aliphatic rings. The molecule has 0 bridgehead atoms. The molecule has 1 amide bonds. The Morgan fingerprint density at radius 1 is 1.28 bits per heavy atom. The summed E-state index contributed by atoms with van der Waals surface area (Å²) in [6.45, 7) is 4.01. The summed E-state index contributed by atoms with van der Waals surface area (Å²) >= 11 is 6.22. The van der Waals surface area contributed by atoms with E-state index in [-0.39, 0.29) is 24.1 Å². The lowest BCUT2D eigenvalue weighted by atomic mass is 10.0. The predicted molar refractivity (Wildman–Crippen MR) is 95.0 cm³/mol. The molecule has 0 aromatic heterocycles. The molecule has 0 aliphatic carbocycles. The average Bonchev–Trinajstić information content (AvgIpc) is 2.58. The van der Waals surface area contributed by atoms with E-state index in [1.54, 1.807) is 6.07 Å². The van der Waals surface area contributed by atoms with Gasteiger partial charge in [0.2, 0.25) is 0 Å². The quantitative estimate of drug-likeness (QED) is 0.605. The molecule has 1 heterocycles. The highest BCUT2D eigenvalue weighted by Gasteiger charge is 2.37. The van der Waals surface area contributed by atoms with Gasteiger partial charge in [0.1, 0.15) is 5.75 Å². The molecule has 25 heavy (non-hydrogen) atoms. The SMILES string of the molecule is CC(C)C1Oc2ccc([N+](=O)[O-])cc2N(Cc2ccccc2Cl)C1=O. The molecule has 2 aromatic carbocycles. The van der Waals surface area contributed by atoms with Crippen LogP contribution < -0.4 is 9.64 Å². The molecule has 0 N–H and O–H groups in total. The molecule has 130 valence electrons. The first-order valence-electron chi connectivity index (χ1n) is 7.88. The fraction of sp³-hybridized carbons (Fsp3) is 0.278. The van der Waals surface area contributed by atoms with Gasteiger partial charge in [-0.2, -0.15) is 0 Å². The largest absolute Gasteiger partial charge is 0.478 e. The third-order valence-corrected chi connectivity index (χ3v) is 4.47. The number of amides is 1. The zero-order valence-electron chi connectivity index (χ0n) is 13.8. The average molecular weight is 361 g/mol. The standard InChI is InChI=1S/C18H17ClN2O4/c1-11(2)17-18(22)20(10-12-5-3-4-6-14(12)19)15-9-13(21(23)24)7-8-16(15)25-17/h3-9,11,17H,10H2,1-2H3. The Balaban J connectivity index is 2.07. The first-order valence-corrected chi connectivity index (χ1v) is 8.26. The van der Waals surface area contributed by atoms with Gasteiger partial charge in [-0.05, 0) is 23.6 Å². The van der Waals surface area contributed by atoms with Gasteiger partial charge >= 0.3 is 0 Å². The number of non-ortho nitro benzene ring substituents is 1. The molecule has 0 spiro atoms. The summed E-state index contributed by atoms with van der Waals surface area (Å²) in [5.74, 6) is 0.184. The second-order valence-corrected chi connectivity index (χ2v) is 6.61. The highest BCUT2D eigenvalue weighted by molar-refractivity contribution is 6.31. The van der Waals surface area contributed by atoms with Crippen LogP contribution in [0.5, 0.6) is 5.75 Å². The van der Waals surface area contributed by atoms with Gasteiger partial charge in [0.25, 0.3) is 11.6 Å². The lowest BCUT2D eigenvalue weighted by Crippen LogP contribution is -2.48. The molecule has 6 nitrogen and oxygen atoms in total. The third kappa shape index (κ3) is 3.30. The second kappa shape index (κ2) is 6.72. The van der Waals surface area contributed by atoms with Crippen LogP contribution in [0.15, 0.2) is 42.5 Å². The highest BCUT2D eigenvalue weighted by atomic mass is 35.5. The molecular formula is C18H17ClN2O4. The van der Waals surface area contributed by atoms with Gasteiger partial charge in [-0.25, -0.2) is 0 Å². The van der Waals surface area contributed by atoms with Gasteiger partial charge in [-0.3, -0.25) is 14.9 Å². The summed E-state index contributed by atoms with van der Waals surface area (Å²) in [5, 5.41) is 11.6. The Morgan fingerprint density at radius 2 is 2.00 bits per heavy atom. The minimum atomic E-state index is -0.642. The fourth-order valence-electron chi connectivity index (χ4n) is 2.77. The number of hydrogen-bond acceptors (Lipinski definition) is 4. The lowest BCUT2D eigenvalue weighted by molar-refractivity contribution is -0.384. The topological polar surface area (TPSA) is 72.7 Å². The van der Waals surface area contributed by atoms with Crippen molar-refractivity contribution >= 4 is 28.9 Å². The monoisotopic (exact) mass is 360 g/mol. The molecule has 1 atom stereocenters. The van der Waals surface area contributed by atoms with Crippen LogP contribution in [0.1, 0.15) is 19.4 Å². The van der Waals surface area contributed by atoms with Crippen molar-refractivity contribution in [3.05, 3.63) is 63.2 Å². The summed E-state index contributed by atoms with van der Waals surface area (Å²) in [6, 6.07) is 11.5. The van der Waals surface area contributed by atoms with E-state index >= 15 is 0 Å². The number of carbonyl (C=O) groups is 1. The molecule has 2 aromatic rings. The molecule has 1 aliphatic heterocycles. The Labute approximate surface area is 150 Å². The van der Waals surface area contributed by atoms with Crippen LogP contribution >= 0.6 is 11.6 Å². The number of carbonyl (C=O) groups excluding carboxylic acids is 1. The summed E-state index contributed by atoms with van der Waals surface area (Å²) in [4.78, 5) is 25.0. The van der Waals surface area contributed by atoms with E-state index in [0.717, 1.165) is 5.56 Å². The van der Waals surface area contributed by atoms with E-state index in [4.69, 9.17) is 16.3 Å². The first kappa shape index (κ1) is 17.2. The summed E-state index contributed by atoms with van der Waals surface area (Å²) < 4.78 is 5.79.